The summed E-state index contributed by atoms with van der Waals surface area (Å²) < 4.78 is 0. The largest absolute Gasteiger partial charge is 0.344 e. The molecule has 0 radical (unpaired) electrons. The van der Waals surface area contributed by atoms with Gasteiger partial charge in [-0.15, -0.1) is 0 Å². The van der Waals surface area contributed by atoms with Gasteiger partial charge in [-0.1, -0.05) is 38.1 Å². The summed E-state index contributed by atoms with van der Waals surface area (Å²) in [5.41, 5.74) is 3.40. The van der Waals surface area contributed by atoms with Gasteiger partial charge in [0.15, 0.2) is 0 Å². The summed E-state index contributed by atoms with van der Waals surface area (Å²) in [6.45, 7) is 6.47. The lowest BCUT2D eigenvalue weighted by atomic mass is 9.77. The Kier molecular flexibility index (Phi) is 3.12. The fourth-order valence-corrected chi connectivity index (χ4v) is 3.84. The third-order valence-electron chi connectivity index (χ3n) is 4.98. The molecule has 1 aliphatic carbocycles. The van der Waals surface area contributed by atoms with Crippen molar-refractivity contribution in [2.45, 2.75) is 44.9 Å². The molecule has 1 aromatic rings. The Morgan fingerprint density at radius 2 is 2.16 bits per heavy atom. The van der Waals surface area contributed by atoms with E-state index in [0.29, 0.717) is 17.3 Å². The lowest BCUT2D eigenvalue weighted by molar-refractivity contribution is -0.129. The van der Waals surface area contributed by atoms with E-state index in [1.807, 2.05) is 4.90 Å². The fraction of sp³-hybridized carbons (Fsp3) is 0.588. The monoisotopic (exact) mass is 257 g/mol. The average molecular weight is 257 g/mol. The van der Waals surface area contributed by atoms with Crippen LogP contribution in [0.25, 0.3) is 0 Å². The summed E-state index contributed by atoms with van der Waals surface area (Å²) in [7, 11) is 0. The number of hydrogen-bond acceptors (Lipinski definition) is 1. The van der Waals surface area contributed by atoms with Gasteiger partial charge in [-0.05, 0) is 42.2 Å². The maximum absolute atomic E-state index is 10.7. The molecule has 3 rings (SSSR count). The first-order valence-electron chi connectivity index (χ1n) is 7.41. The van der Waals surface area contributed by atoms with Gasteiger partial charge in [0.2, 0.25) is 6.41 Å². The van der Waals surface area contributed by atoms with E-state index < -0.39 is 0 Å². The van der Waals surface area contributed by atoms with Gasteiger partial charge in [-0.3, -0.25) is 4.79 Å². The van der Waals surface area contributed by atoms with Crippen LogP contribution in [0, 0.1) is 5.41 Å². The van der Waals surface area contributed by atoms with Crippen LogP contribution < -0.4 is 0 Å². The maximum atomic E-state index is 10.7. The average Bonchev–Trinajstić information content (AvgIpc) is 2.82. The van der Waals surface area contributed by atoms with E-state index in [4.69, 9.17) is 0 Å². The minimum atomic E-state index is 0.444. The van der Waals surface area contributed by atoms with Crippen LogP contribution in [0.15, 0.2) is 24.3 Å². The van der Waals surface area contributed by atoms with Crippen LogP contribution in [0.2, 0.25) is 0 Å². The molecule has 1 aliphatic heterocycles. The summed E-state index contributed by atoms with van der Waals surface area (Å²) in [5, 5.41) is 0. The minimum absolute atomic E-state index is 0.444. The van der Waals surface area contributed by atoms with Crippen molar-refractivity contribution in [3.05, 3.63) is 35.4 Å². The van der Waals surface area contributed by atoms with Crippen molar-refractivity contribution in [2.24, 2.45) is 5.41 Å². The fourth-order valence-electron chi connectivity index (χ4n) is 3.84. The molecule has 1 saturated carbocycles. The molecule has 2 heteroatoms. The Bertz CT molecular complexity index is 474. The summed E-state index contributed by atoms with van der Waals surface area (Å²) in [4.78, 5) is 12.6. The molecule has 19 heavy (non-hydrogen) atoms. The summed E-state index contributed by atoms with van der Waals surface area (Å²) in [6, 6.07) is 9.11. The van der Waals surface area contributed by atoms with Crippen LogP contribution >= 0.6 is 0 Å². The van der Waals surface area contributed by atoms with Crippen LogP contribution in [0.4, 0.5) is 0 Å². The highest BCUT2D eigenvalue weighted by molar-refractivity contribution is 5.49. The molecule has 102 valence electrons. The highest BCUT2D eigenvalue weighted by Crippen LogP contribution is 2.51. The molecule has 1 heterocycles. The molecular weight excluding hydrogens is 234 g/mol. The van der Waals surface area contributed by atoms with E-state index in [1.54, 1.807) is 0 Å². The van der Waals surface area contributed by atoms with Gasteiger partial charge in [0.25, 0.3) is 0 Å². The number of amides is 1. The number of carbonyl (C=O) groups excluding carboxylic acids is 1. The smallest absolute Gasteiger partial charge is 0.209 e. The first kappa shape index (κ1) is 12.7. The quantitative estimate of drug-likeness (QED) is 0.758. The van der Waals surface area contributed by atoms with Gasteiger partial charge in [-0.2, -0.15) is 0 Å². The molecular formula is C17H23NO. The molecule has 1 atom stereocenters. The van der Waals surface area contributed by atoms with Crippen LogP contribution in [0.3, 0.4) is 0 Å². The Balaban J connectivity index is 1.71. The first-order chi connectivity index (χ1) is 9.12. The van der Waals surface area contributed by atoms with Gasteiger partial charge in [0, 0.05) is 18.5 Å². The Morgan fingerprint density at radius 1 is 1.37 bits per heavy atom. The molecule has 2 aliphatic rings. The van der Waals surface area contributed by atoms with Gasteiger partial charge in [0.05, 0.1) is 0 Å². The molecule has 2 nitrogen and oxygen atoms in total. The predicted molar refractivity (Wildman–Crippen MR) is 77.2 cm³/mol. The lowest BCUT2D eigenvalue weighted by Crippen LogP contribution is -2.54. The Labute approximate surface area is 115 Å². The number of benzene rings is 1. The van der Waals surface area contributed by atoms with Crippen molar-refractivity contribution in [3.8, 4) is 0 Å². The van der Waals surface area contributed by atoms with E-state index in [2.05, 4.69) is 38.1 Å². The van der Waals surface area contributed by atoms with Crippen molar-refractivity contribution in [1.29, 1.82) is 0 Å². The highest BCUT2D eigenvalue weighted by atomic mass is 16.1. The zero-order valence-electron chi connectivity index (χ0n) is 11.9. The molecule has 0 N–H and O–H groups in total. The first-order valence-corrected chi connectivity index (χ1v) is 7.41. The van der Waals surface area contributed by atoms with Crippen molar-refractivity contribution in [2.75, 3.05) is 13.1 Å². The zero-order valence-corrected chi connectivity index (χ0v) is 11.9. The van der Waals surface area contributed by atoms with Crippen LogP contribution in [0.1, 0.15) is 56.1 Å². The van der Waals surface area contributed by atoms with Crippen molar-refractivity contribution >= 4 is 6.41 Å². The molecule has 1 aromatic carbocycles. The minimum Gasteiger partial charge on any atom is -0.344 e. The topological polar surface area (TPSA) is 20.3 Å². The predicted octanol–water partition coefficient (Wildman–Crippen LogP) is 3.54. The van der Waals surface area contributed by atoms with E-state index in [1.165, 1.54) is 30.4 Å². The van der Waals surface area contributed by atoms with Gasteiger partial charge < -0.3 is 4.90 Å². The second kappa shape index (κ2) is 4.66. The zero-order chi connectivity index (χ0) is 13.5. The number of nitrogens with zero attached hydrogens (tertiary/aromatic N) is 1. The van der Waals surface area contributed by atoms with Crippen molar-refractivity contribution < 1.29 is 4.79 Å². The summed E-state index contributed by atoms with van der Waals surface area (Å²) in [5.74, 6) is 1.30. The lowest BCUT2D eigenvalue weighted by Gasteiger charge is -2.46. The number of likely N-dealkylation sites (tertiary alicyclic amines) is 1. The summed E-state index contributed by atoms with van der Waals surface area (Å²) >= 11 is 0. The standard InChI is InChI=1S/C17H23NO/c1-13(2)14-4-3-5-15(8-14)16-6-7-17(9-16)10-18(11-17)12-19/h3-5,8,12-13,16H,6-7,9-11H2,1-2H3. The third kappa shape index (κ3) is 2.29. The van der Waals surface area contributed by atoms with E-state index >= 15 is 0 Å². The molecule has 1 spiro atoms. The molecule has 1 amide bonds. The van der Waals surface area contributed by atoms with Gasteiger partial charge in [0.1, 0.15) is 0 Å². The Hall–Kier alpha value is -1.31. The van der Waals surface area contributed by atoms with Crippen LogP contribution in [-0.2, 0) is 4.79 Å². The van der Waals surface area contributed by atoms with E-state index in [-0.39, 0.29) is 0 Å². The third-order valence-corrected chi connectivity index (χ3v) is 4.98. The molecule has 0 aromatic heterocycles. The number of hydrogen-bond donors (Lipinski definition) is 0. The molecule has 2 fully saturated rings. The van der Waals surface area contributed by atoms with Crippen LogP contribution in [-0.4, -0.2) is 24.4 Å². The number of carbonyl (C=O) groups is 1. The molecule has 1 saturated heterocycles. The van der Waals surface area contributed by atoms with Crippen molar-refractivity contribution in [3.63, 3.8) is 0 Å². The second-order valence-corrected chi connectivity index (χ2v) is 6.77. The highest BCUT2D eigenvalue weighted by Gasteiger charge is 2.47. The molecule has 0 bridgehead atoms. The van der Waals surface area contributed by atoms with Crippen LogP contribution in [0.5, 0.6) is 0 Å². The number of rotatable bonds is 3. The second-order valence-electron chi connectivity index (χ2n) is 6.77. The maximum Gasteiger partial charge on any atom is 0.209 e. The van der Waals surface area contributed by atoms with E-state index in [0.717, 1.165) is 19.5 Å². The molecule has 1 unspecified atom stereocenters. The van der Waals surface area contributed by atoms with Gasteiger partial charge >= 0.3 is 0 Å². The van der Waals surface area contributed by atoms with Gasteiger partial charge in [-0.25, -0.2) is 0 Å². The Morgan fingerprint density at radius 3 is 2.84 bits per heavy atom. The van der Waals surface area contributed by atoms with Crippen molar-refractivity contribution in [1.82, 2.24) is 4.90 Å². The summed E-state index contributed by atoms with van der Waals surface area (Å²) in [6.07, 6.45) is 4.83. The SMILES string of the molecule is CC(C)c1cccc(C2CCC3(C2)CN(C=O)C3)c1. The normalized spacial score (nSPS) is 24.8. The van der Waals surface area contributed by atoms with E-state index in [9.17, 15) is 4.79 Å².